The van der Waals surface area contributed by atoms with Gasteiger partial charge in [-0.3, -0.25) is 4.79 Å². The van der Waals surface area contributed by atoms with Gasteiger partial charge in [0.2, 0.25) is 0 Å². The molecule has 0 fully saturated rings. The van der Waals surface area contributed by atoms with Crippen LogP contribution in [-0.4, -0.2) is 10.9 Å². The molecule has 0 unspecified atom stereocenters. The molecule has 0 atom stereocenters. The number of amides is 1. The normalized spacial score (nSPS) is 11.1. The Hall–Kier alpha value is -3.24. The lowest BCUT2D eigenvalue weighted by atomic mass is 10.2. The molecule has 3 rings (SSSR count). The Kier molecular flexibility index (Phi) is 5.34. The van der Waals surface area contributed by atoms with Crippen LogP contribution in [0.4, 0.5) is 0 Å². The third-order valence-electron chi connectivity index (χ3n) is 3.10. The highest BCUT2D eigenvalue weighted by molar-refractivity contribution is 7.99. The van der Waals surface area contributed by atoms with E-state index in [0.717, 1.165) is 5.03 Å². The molecule has 124 valence electrons. The van der Waals surface area contributed by atoms with Crippen LogP contribution in [0.25, 0.3) is 6.08 Å². The highest BCUT2D eigenvalue weighted by Gasteiger charge is 2.11. The zero-order chi connectivity index (χ0) is 17.5. The third-order valence-corrected chi connectivity index (χ3v) is 3.97. The first-order valence-corrected chi connectivity index (χ1v) is 8.17. The summed E-state index contributed by atoms with van der Waals surface area (Å²) in [4.78, 5) is 16.3. The monoisotopic (exact) mass is 351 g/mol. The largest absolute Gasteiger partial charge is 0.467 e. The topological polar surface area (TPSA) is 92.1 Å². The van der Waals surface area contributed by atoms with Gasteiger partial charge >= 0.3 is 0 Å². The van der Waals surface area contributed by atoms with E-state index in [1.165, 1.54) is 24.1 Å². The van der Waals surface area contributed by atoms with Gasteiger partial charge < -0.3 is 14.2 Å². The molecule has 0 aromatic carbocycles. The summed E-state index contributed by atoms with van der Waals surface area (Å²) in [6.07, 6.45) is 4.62. The Labute approximate surface area is 148 Å². The smallest absolute Gasteiger partial charge is 0.262 e. The Morgan fingerprint density at radius 3 is 2.92 bits per heavy atom. The summed E-state index contributed by atoms with van der Waals surface area (Å²) < 4.78 is 10.7. The van der Waals surface area contributed by atoms with Gasteiger partial charge in [0.05, 0.1) is 12.8 Å². The average molecular weight is 351 g/mol. The second-order valence-corrected chi connectivity index (χ2v) is 5.88. The van der Waals surface area contributed by atoms with Gasteiger partial charge in [-0.05, 0) is 48.2 Å². The number of furan rings is 2. The third kappa shape index (κ3) is 4.62. The lowest BCUT2D eigenvalue weighted by Gasteiger charge is -2.01. The number of nitrogens with zero attached hydrogens (tertiary/aromatic N) is 2. The van der Waals surface area contributed by atoms with Crippen LogP contribution < -0.4 is 5.32 Å². The summed E-state index contributed by atoms with van der Waals surface area (Å²) in [5, 5.41) is 13.2. The van der Waals surface area contributed by atoms with Gasteiger partial charge in [0.25, 0.3) is 5.91 Å². The van der Waals surface area contributed by atoms with E-state index in [4.69, 9.17) is 8.83 Å². The van der Waals surface area contributed by atoms with Gasteiger partial charge in [0.1, 0.15) is 28.2 Å². The van der Waals surface area contributed by atoms with Crippen LogP contribution in [0.1, 0.15) is 11.5 Å². The predicted molar refractivity (Wildman–Crippen MR) is 91.2 cm³/mol. The van der Waals surface area contributed by atoms with Crippen LogP contribution in [0.15, 0.2) is 79.5 Å². The van der Waals surface area contributed by atoms with Crippen molar-refractivity contribution in [2.45, 2.75) is 16.7 Å². The van der Waals surface area contributed by atoms with Gasteiger partial charge in [-0.1, -0.05) is 6.07 Å². The van der Waals surface area contributed by atoms with E-state index in [1.54, 1.807) is 30.5 Å². The van der Waals surface area contributed by atoms with E-state index >= 15 is 0 Å². The molecule has 0 aliphatic carbocycles. The minimum absolute atomic E-state index is 0.0460. The van der Waals surface area contributed by atoms with E-state index in [0.29, 0.717) is 16.6 Å². The van der Waals surface area contributed by atoms with Crippen molar-refractivity contribution in [3.63, 3.8) is 0 Å². The van der Waals surface area contributed by atoms with Gasteiger partial charge in [0, 0.05) is 12.3 Å². The molecule has 3 aromatic heterocycles. The lowest BCUT2D eigenvalue weighted by molar-refractivity contribution is -0.117. The summed E-state index contributed by atoms with van der Waals surface area (Å²) in [5.41, 5.74) is -0.0460. The van der Waals surface area contributed by atoms with Crippen LogP contribution in [0.3, 0.4) is 0 Å². The molecule has 0 spiro atoms. The number of carbonyl (C=O) groups excluding carboxylic acids is 1. The maximum Gasteiger partial charge on any atom is 0.262 e. The van der Waals surface area contributed by atoms with Crippen LogP contribution in [0.5, 0.6) is 0 Å². The number of aromatic nitrogens is 1. The van der Waals surface area contributed by atoms with E-state index in [9.17, 15) is 10.1 Å². The molecule has 1 N–H and O–H groups in total. The molecule has 7 heteroatoms. The number of nitriles is 1. The standard InChI is InChI=1S/C18H13N3O3S/c19-11-13(18(22)21-12-15-4-3-9-23-15)10-14-6-7-17(24-14)25-16-5-1-2-8-20-16/h1-10H,12H2,(H,21,22)/b13-10+. The molecule has 0 aliphatic rings. The first-order chi connectivity index (χ1) is 12.2. The second-order valence-electron chi connectivity index (χ2n) is 4.86. The van der Waals surface area contributed by atoms with Crippen molar-refractivity contribution in [2.24, 2.45) is 0 Å². The Morgan fingerprint density at radius 1 is 1.28 bits per heavy atom. The fraction of sp³-hybridized carbons (Fsp3) is 0.0556. The number of pyridine rings is 1. The average Bonchev–Trinajstić information content (AvgIpc) is 3.30. The minimum atomic E-state index is -0.491. The SMILES string of the molecule is N#C/C(=C\c1ccc(Sc2ccccn2)o1)C(=O)NCc1ccco1. The van der Waals surface area contributed by atoms with Gasteiger partial charge in [-0.25, -0.2) is 4.98 Å². The van der Waals surface area contributed by atoms with Gasteiger partial charge in [-0.2, -0.15) is 5.26 Å². The Balaban J connectivity index is 1.65. The number of hydrogen-bond acceptors (Lipinski definition) is 6. The van der Waals surface area contributed by atoms with Crippen LogP contribution >= 0.6 is 11.8 Å². The van der Waals surface area contributed by atoms with E-state index in [2.05, 4.69) is 10.3 Å². The Bertz CT molecular complexity index is 909. The van der Waals surface area contributed by atoms with Crippen molar-refractivity contribution in [3.05, 3.63) is 72.0 Å². The van der Waals surface area contributed by atoms with E-state index in [-0.39, 0.29) is 12.1 Å². The first-order valence-electron chi connectivity index (χ1n) is 7.36. The molecular formula is C18H13N3O3S. The van der Waals surface area contributed by atoms with Crippen LogP contribution in [-0.2, 0) is 11.3 Å². The summed E-state index contributed by atoms with van der Waals surface area (Å²) in [6, 6.07) is 14.4. The molecule has 6 nitrogen and oxygen atoms in total. The fourth-order valence-electron chi connectivity index (χ4n) is 1.94. The van der Waals surface area contributed by atoms with Crippen LogP contribution in [0, 0.1) is 11.3 Å². The summed E-state index contributed by atoms with van der Waals surface area (Å²) in [7, 11) is 0. The molecule has 25 heavy (non-hydrogen) atoms. The zero-order valence-electron chi connectivity index (χ0n) is 13.0. The van der Waals surface area contributed by atoms with Gasteiger partial charge in [0.15, 0.2) is 5.09 Å². The number of nitrogens with one attached hydrogen (secondary N) is 1. The molecule has 3 heterocycles. The number of rotatable bonds is 6. The highest BCUT2D eigenvalue weighted by Crippen LogP contribution is 2.28. The molecule has 0 saturated heterocycles. The van der Waals surface area contributed by atoms with Crippen molar-refractivity contribution in [3.8, 4) is 6.07 Å². The van der Waals surface area contributed by atoms with Crippen molar-refractivity contribution in [1.82, 2.24) is 10.3 Å². The quantitative estimate of drug-likeness (QED) is 0.538. The molecule has 0 saturated carbocycles. The summed E-state index contributed by atoms with van der Waals surface area (Å²) >= 11 is 1.36. The molecule has 0 radical (unpaired) electrons. The molecule has 0 bridgehead atoms. The highest BCUT2D eigenvalue weighted by atomic mass is 32.2. The summed E-state index contributed by atoms with van der Waals surface area (Å²) in [6.45, 7) is 0.212. The maximum atomic E-state index is 12.1. The molecular weight excluding hydrogens is 338 g/mol. The van der Waals surface area contributed by atoms with Crippen molar-refractivity contribution in [2.75, 3.05) is 0 Å². The molecule has 0 aliphatic heterocycles. The fourth-order valence-corrected chi connectivity index (χ4v) is 2.68. The minimum Gasteiger partial charge on any atom is -0.467 e. The van der Waals surface area contributed by atoms with E-state index < -0.39 is 5.91 Å². The Morgan fingerprint density at radius 2 is 2.20 bits per heavy atom. The number of hydrogen-bond donors (Lipinski definition) is 1. The number of carbonyl (C=O) groups is 1. The van der Waals surface area contributed by atoms with Crippen LogP contribution in [0.2, 0.25) is 0 Å². The zero-order valence-corrected chi connectivity index (χ0v) is 13.8. The van der Waals surface area contributed by atoms with Crippen molar-refractivity contribution in [1.29, 1.82) is 5.26 Å². The van der Waals surface area contributed by atoms with Crippen molar-refractivity contribution >= 4 is 23.7 Å². The molecule has 1 amide bonds. The first kappa shape index (κ1) is 16.6. The van der Waals surface area contributed by atoms with Gasteiger partial charge in [-0.15, -0.1) is 0 Å². The van der Waals surface area contributed by atoms with Crippen molar-refractivity contribution < 1.29 is 13.6 Å². The second kappa shape index (κ2) is 8.04. The summed E-state index contributed by atoms with van der Waals surface area (Å²) in [5.74, 6) is 0.537. The predicted octanol–water partition coefficient (Wildman–Crippen LogP) is 3.64. The maximum absolute atomic E-state index is 12.1. The molecule has 3 aromatic rings. The lowest BCUT2D eigenvalue weighted by Crippen LogP contribution is -2.23. The van der Waals surface area contributed by atoms with E-state index in [1.807, 2.05) is 24.3 Å².